The van der Waals surface area contributed by atoms with Crippen molar-refractivity contribution in [1.82, 2.24) is 14.8 Å². The third-order valence-electron chi connectivity index (χ3n) is 4.74. The Hall–Kier alpha value is -2.78. The fourth-order valence-electron chi connectivity index (χ4n) is 3.50. The van der Waals surface area contributed by atoms with E-state index in [0.29, 0.717) is 17.4 Å². The summed E-state index contributed by atoms with van der Waals surface area (Å²) in [6, 6.07) is 15.0. The van der Waals surface area contributed by atoms with E-state index in [4.69, 9.17) is 16.3 Å². The Balaban J connectivity index is 1.79. The van der Waals surface area contributed by atoms with E-state index in [0.717, 1.165) is 23.1 Å². The first-order chi connectivity index (χ1) is 13.8. The molecule has 8 nitrogen and oxygen atoms in total. The third kappa shape index (κ3) is 4.15. The Bertz CT molecular complexity index is 1130. The van der Waals surface area contributed by atoms with Gasteiger partial charge >= 0.3 is 0 Å². The maximum absolute atomic E-state index is 11.6. The van der Waals surface area contributed by atoms with Crippen LogP contribution in [0.2, 0.25) is 5.02 Å². The van der Waals surface area contributed by atoms with E-state index >= 15 is 0 Å². The van der Waals surface area contributed by atoms with Crippen LogP contribution in [-0.2, 0) is 10.0 Å². The lowest BCUT2D eigenvalue weighted by molar-refractivity contribution is 0.380. The summed E-state index contributed by atoms with van der Waals surface area (Å²) in [5, 5.41) is 8.40. The van der Waals surface area contributed by atoms with Crippen molar-refractivity contribution in [2.24, 2.45) is 0 Å². The second kappa shape index (κ2) is 7.57. The number of methoxy groups -OCH3 is 1. The smallest absolute Gasteiger partial charge is 0.257 e. The molecule has 10 heteroatoms. The van der Waals surface area contributed by atoms with Crippen molar-refractivity contribution in [3.05, 3.63) is 64.7 Å². The summed E-state index contributed by atoms with van der Waals surface area (Å²) in [6.45, 7) is 0. The fraction of sp³-hybridized carbons (Fsp3) is 0.263. The number of nitrogens with one attached hydrogen (secondary N) is 2. The van der Waals surface area contributed by atoms with E-state index in [9.17, 15) is 8.42 Å². The van der Waals surface area contributed by atoms with Gasteiger partial charge < -0.3 is 10.1 Å². The van der Waals surface area contributed by atoms with Gasteiger partial charge in [0.2, 0.25) is 16.0 Å². The lowest BCUT2D eigenvalue weighted by atomic mass is 9.93. The molecule has 0 bridgehead atoms. The molecule has 0 amide bonds. The highest BCUT2D eigenvalue weighted by Crippen LogP contribution is 2.41. The zero-order chi connectivity index (χ0) is 20.6. The average Bonchev–Trinajstić information content (AvgIpc) is 3.08. The van der Waals surface area contributed by atoms with Crippen LogP contribution in [0.15, 0.2) is 48.5 Å². The van der Waals surface area contributed by atoms with Gasteiger partial charge in [-0.25, -0.2) is 13.1 Å². The Morgan fingerprint density at radius 3 is 2.62 bits per heavy atom. The summed E-state index contributed by atoms with van der Waals surface area (Å²) in [5.74, 6) is 1.22. The van der Waals surface area contributed by atoms with Gasteiger partial charge in [-0.15, -0.1) is 5.10 Å². The van der Waals surface area contributed by atoms with Crippen molar-refractivity contribution in [3.8, 4) is 5.75 Å². The van der Waals surface area contributed by atoms with Crippen molar-refractivity contribution in [1.29, 1.82) is 0 Å². The van der Waals surface area contributed by atoms with Crippen LogP contribution in [-0.4, -0.2) is 36.5 Å². The number of sulfonamides is 1. The number of hydrogen-bond acceptors (Lipinski definition) is 6. The van der Waals surface area contributed by atoms with Gasteiger partial charge in [0.15, 0.2) is 0 Å². The fourth-order valence-corrected chi connectivity index (χ4v) is 4.04. The molecule has 1 aliphatic heterocycles. The first kappa shape index (κ1) is 19.5. The number of anilines is 2. The zero-order valence-corrected chi connectivity index (χ0v) is 17.4. The van der Waals surface area contributed by atoms with E-state index in [1.165, 1.54) is 0 Å². The monoisotopic (exact) mass is 433 g/mol. The summed E-state index contributed by atoms with van der Waals surface area (Å²) in [5.41, 5.74) is 1.98. The second-order valence-electron chi connectivity index (χ2n) is 6.82. The van der Waals surface area contributed by atoms with Crippen LogP contribution in [0.4, 0.5) is 11.9 Å². The Morgan fingerprint density at radius 2 is 1.93 bits per heavy atom. The molecule has 4 rings (SSSR count). The molecule has 2 heterocycles. The predicted molar refractivity (Wildman–Crippen MR) is 112 cm³/mol. The van der Waals surface area contributed by atoms with Gasteiger partial charge in [0, 0.05) is 10.6 Å². The average molecular weight is 434 g/mol. The van der Waals surface area contributed by atoms with E-state index in [1.54, 1.807) is 11.8 Å². The zero-order valence-electron chi connectivity index (χ0n) is 15.8. The minimum absolute atomic E-state index is 0.0201. The van der Waals surface area contributed by atoms with Crippen LogP contribution >= 0.6 is 11.6 Å². The summed E-state index contributed by atoms with van der Waals surface area (Å²) in [7, 11) is -1.88. The van der Waals surface area contributed by atoms with Gasteiger partial charge in [-0.3, -0.25) is 4.72 Å². The number of hydrogen-bond donors (Lipinski definition) is 2. The van der Waals surface area contributed by atoms with Crippen LogP contribution < -0.4 is 14.8 Å². The largest absolute Gasteiger partial charge is 0.496 e. The molecule has 0 aliphatic carbocycles. The summed E-state index contributed by atoms with van der Waals surface area (Å²) in [6.07, 6.45) is 1.73. The topological polar surface area (TPSA) is 98.1 Å². The quantitative estimate of drug-likeness (QED) is 0.639. The van der Waals surface area contributed by atoms with E-state index < -0.39 is 10.0 Å². The van der Waals surface area contributed by atoms with Crippen LogP contribution in [0, 0.1) is 0 Å². The lowest BCUT2D eigenvalue weighted by Gasteiger charge is -2.32. The molecule has 0 saturated carbocycles. The van der Waals surface area contributed by atoms with Crippen LogP contribution in [0.1, 0.15) is 29.6 Å². The molecule has 3 aromatic rings. The molecule has 0 unspecified atom stereocenters. The lowest BCUT2D eigenvalue weighted by Crippen LogP contribution is -2.28. The predicted octanol–water partition coefficient (Wildman–Crippen LogP) is 3.46. The van der Waals surface area contributed by atoms with Crippen molar-refractivity contribution in [2.45, 2.75) is 18.5 Å². The Kier molecular flexibility index (Phi) is 5.10. The van der Waals surface area contributed by atoms with Gasteiger partial charge in [-0.05, 0) is 30.2 Å². The normalized spacial score (nSPS) is 18.6. The first-order valence-electron chi connectivity index (χ1n) is 8.93. The van der Waals surface area contributed by atoms with Crippen LogP contribution in [0.25, 0.3) is 0 Å². The number of para-hydroxylation sites is 1. The minimum Gasteiger partial charge on any atom is -0.496 e. The second-order valence-corrected chi connectivity index (χ2v) is 9.00. The molecule has 152 valence electrons. The van der Waals surface area contributed by atoms with E-state index in [2.05, 4.69) is 20.1 Å². The standard InChI is InChI=1S/C19H20ClN5O3S/c1-28-17-6-4-3-5-14(17)16-11-15(12-7-9-13(20)10-8-12)21-19-22-18(23-25(16)19)24-29(2,26)27/h3-10,15-16H,11H2,1-2H3,(H2,21,22,23,24)/t15-,16-/m1/s1. The highest BCUT2D eigenvalue weighted by Gasteiger charge is 2.33. The molecule has 2 aromatic carbocycles. The maximum Gasteiger partial charge on any atom is 0.257 e. The number of halogens is 1. The van der Waals surface area contributed by atoms with Crippen molar-refractivity contribution < 1.29 is 13.2 Å². The van der Waals surface area contributed by atoms with Gasteiger partial charge in [0.25, 0.3) is 5.95 Å². The van der Waals surface area contributed by atoms with Gasteiger partial charge in [0.1, 0.15) is 5.75 Å². The minimum atomic E-state index is -3.50. The summed E-state index contributed by atoms with van der Waals surface area (Å²) < 4.78 is 32.8. The van der Waals surface area contributed by atoms with Crippen molar-refractivity contribution in [3.63, 3.8) is 0 Å². The molecule has 0 radical (unpaired) electrons. The molecule has 0 fully saturated rings. The van der Waals surface area contributed by atoms with Crippen LogP contribution in [0.5, 0.6) is 5.75 Å². The Morgan fingerprint density at radius 1 is 1.21 bits per heavy atom. The first-order valence-corrected chi connectivity index (χ1v) is 11.2. The van der Waals surface area contributed by atoms with Crippen LogP contribution in [0.3, 0.4) is 0 Å². The van der Waals surface area contributed by atoms with Crippen molar-refractivity contribution >= 4 is 33.5 Å². The molecule has 0 saturated heterocycles. The summed E-state index contributed by atoms with van der Waals surface area (Å²) in [4.78, 5) is 4.34. The van der Waals surface area contributed by atoms with Gasteiger partial charge in [-0.1, -0.05) is 41.9 Å². The molecule has 1 aromatic heterocycles. The maximum atomic E-state index is 11.6. The summed E-state index contributed by atoms with van der Waals surface area (Å²) >= 11 is 6.03. The van der Waals surface area contributed by atoms with Gasteiger partial charge in [-0.2, -0.15) is 4.98 Å². The van der Waals surface area contributed by atoms with Gasteiger partial charge in [0.05, 0.1) is 25.4 Å². The number of ether oxygens (including phenoxy) is 1. The highest BCUT2D eigenvalue weighted by molar-refractivity contribution is 7.91. The highest BCUT2D eigenvalue weighted by atomic mass is 35.5. The number of aromatic nitrogens is 3. The molecular weight excluding hydrogens is 414 g/mol. The molecule has 1 aliphatic rings. The number of benzene rings is 2. The van der Waals surface area contributed by atoms with Crippen molar-refractivity contribution in [2.75, 3.05) is 23.4 Å². The Labute approximate surface area is 173 Å². The SMILES string of the molecule is COc1ccccc1[C@H]1C[C@H](c2ccc(Cl)cc2)Nc2nc(NS(C)(=O)=O)nn21. The van der Waals surface area contributed by atoms with E-state index in [-0.39, 0.29) is 18.0 Å². The molecule has 0 spiro atoms. The third-order valence-corrected chi connectivity index (χ3v) is 5.54. The van der Waals surface area contributed by atoms with E-state index in [1.807, 2.05) is 48.5 Å². The number of rotatable bonds is 5. The number of fused-ring (bicyclic) bond motifs is 1. The molecular formula is C19H20ClN5O3S. The molecule has 2 N–H and O–H groups in total. The molecule has 2 atom stereocenters. The number of nitrogens with zero attached hydrogens (tertiary/aromatic N) is 3. The molecule has 29 heavy (non-hydrogen) atoms.